The van der Waals surface area contributed by atoms with E-state index in [1.807, 2.05) is 0 Å². The lowest BCUT2D eigenvalue weighted by molar-refractivity contribution is 0.0953. The monoisotopic (exact) mass is 271 g/mol. The Hall–Kier alpha value is -1.56. The molecule has 0 spiro atoms. The van der Waals surface area contributed by atoms with Crippen LogP contribution in [0.3, 0.4) is 0 Å². The number of aromatic hydroxyl groups is 1. The summed E-state index contributed by atoms with van der Waals surface area (Å²) in [5, 5.41) is 12.1. The van der Waals surface area contributed by atoms with Crippen LogP contribution in [0, 0.1) is 0 Å². The first kappa shape index (κ1) is 14.5. The molecule has 0 saturated carbocycles. The summed E-state index contributed by atoms with van der Waals surface area (Å²) in [6, 6.07) is 4.41. The molecule has 5 nitrogen and oxygen atoms in total. The number of carbonyl (C=O) groups excluding carboxylic acids is 1. The van der Waals surface area contributed by atoms with Gasteiger partial charge in [-0.3, -0.25) is 9.00 Å². The van der Waals surface area contributed by atoms with E-state index in [1.54, 1.807) is 19.2 Å². The number of nitrogens with one attached hydrogen (secondary N) is 1. The van der Waals surface area contributed by atoms with Crippen LogP contribution in [0.15, 0.2) is 18.2 Å². The Morgan fingerprint density at radius 2 is 2.22 bits per heavy atom. The van der Waals surface area contributed by atoms with Crippen LogP contribution in [0.25, 0.3) is 0 Å². The first-order chi connectivity index (χ1) is 8.45. The lowest BCUT2D eigenvalue weighted by Gasteiger charge is -2.10. The molecule has 2 atom stereocenters. The molecule has 0 bridgehead atoms. The van der Waals surface area contributed by atoms with Gasteiger partial charge in [-0.05, 0) is 25.1 Å². The van der Waals surface area contributed by atoms with Gasteiger partial charge in [-0.25, -0.2) is 0 Å². The Morgan fingerprint density at radius 1 is 1.56 bits per heavy atom. The molecule has 0 fully saturated rings. The number of methoxy groups -OCH3 is 1. The van der Waals surface area contributed by atoms with Crippen LogP contribution in [0.2, 0.25) is 0 Å². The molecule has 100 valence electrons. The average Bonchev–Trinajstić information content (AvgIpc) is 2.35. The van der Waals surface area contributed by atoms with E-state index in [2.05, 4.69) is 5.32 Å². The molecule has 1 amide bonds. The Balaban J connectivity index is 2.67. The number of carbonyl (C=O) groups is 1. The third-order valence-corrected chi connectivity index (χ3v) is 3.86. The maximum Gasteiger partial charge on any atom is 0.251 e. The normalized spacial score (nSPS) is 13.7. The molecule has 1 aromatic rings. The van der Waals surface area contributed by atoms with Gasteiger partial charge in [0.15, 0.2) is 11.5 Å². The van der Waals surface area contributed by atoms with Gasteiger partial charge in [0.25, 0.3) is 5.91 Å². The van der Waals surface area contributed by atoms with Crippen LogP contribution in [0.5, 0.6) is 11.5 Å². The number of benzene rings is 1. The quantitative estimate of drug-likeness (QED) is 0.834. The molecule has 0 aliphatic carbocycles. The number of hydrogen-bond acceptors (Lipinski definition) is 4. The molecular formula is C12H17NO4S. The standard InChI is InChI=1S/C12H17NO4S/c1-8(18(3)16)7-13-12(15)9-4-5-11(17-2)10(14)6-9/h4-6,8,14H,7H2,1-3H3,(H,13,15). The Morgan fingerprint density at radius 3 is 2.72 bits per heavy atom. The zero-order chi connectivity index (χ0) is 13.7. The second-order valence-electron chi connectivity index (χ2n) is 3.91. The highest BCUT2D eigenvalue weighted by molar-refractivity contribution is 7.84. The minimum atomic E-state index is -0.977. The molecule has 0 aliphatic heterocycles. The SMILES string of the molecule is COc1ccc(C(=O)NCC(C)S(C)=O)cc1O. The van der Waals surface area contributed by atoms with Crippen molar-refractivity contribution in [2.24, 2.45) is 0 Å². The zero-order valence-corrected chi connectivity index (χ0v) is 11.4. The molecule has 0 heterocycles. The summed E-state index contributed by atoms with van der Waals surface area (Å²) in [6.07, 6.45) is 1.59. The molecule has 0 aliphatic rings. The van der Waals surface area contributed by atoms with Crippen LogP contribution in [-0.4, -0.2) is 40.4 Å². The predicted octanol–water partition coefficient (Wildman–Crippen LogP) is 0.898. The van der Waals surface area contributed by atoms with Gasteiger partial charge in [-0.2, -0.15) is 0 Å². The molecular weight excluding hydrogens is 254 g/mol. The Bertz CT molecular complexity index is 461. The molecule has 0 radical (unpaired) electrons. The molecule has 0 aromatic heterocycles. The molecule has 1 rings (SSSR count). The van der Waals surface area contributed by atoms with Gasteiger partial charge < -0.3 is 15.2 Å². The third kappa shape index (κ3) is 3.73. The largest absolute Gasteiger partial charge is 0.504 e. The maximum atomic E-state index is 11.8. The second-order valence-corrected chi connectivity index (χ2v) is 5.71. The Kier molecular flexibility index (Phi) is 5.15. The van der Waals surface area contributed by atoms with Crippen molar-refractivity contribution in [1.82, 2.24) is 5.32 Å². The van der Waals surface area contributed by atoms with Crippen molar-refractivity contribution >= 4 is 16.7 Å². The van der Waals surface area contributed by atoms with Crippen molar-refractivity contribution in [3.05, 3.63) is 23.8 Å². The van der Waals surface area contributed by atoms with E-state index >= 15 is 0 Å². The van der Waals surface area contributed by atoms with E-state index < -0.39 is 10.8 Å². The summed E-state index contributed by atoms with van der Waals surface area (Å²) in [7, 11) is 0.461. The summed E-state index contributed by atoms with van der Waals surface area (Å²) >= 11 is 0. The summed E-state index contributed by atoms with van der Waals surface area (Å²) in [6.45, 7) is 2.12. The van der Waals surface area contributed by atoms with E-state index in [9.17, 15) is 14.1 Å². The van der Waals surface area contributed by atoms with Gasteiger partial charge in [0.05, 0.1) is 7.11 Å². The van der Waals surface area contributed by atoms with Gasteiger partial charge in [0.1, 0.15) is 0 Å². The van der Waals surface area contributed by atoms with Crippen molar-refractivity contribution in [3.63, 3.8) is 0 Å². The van der Waals surface area contributed by atoms with Gasteiger partial charge in [-0.1, -0.05) is 0 Å². The van der Waals surface area contributed by atoms with Crippen LogP contribution in [0.1, 0.15) is 17.3 Å². The van der Waals surface area contributed by atoms with E-state index in [4.69, 9.17) is 4.74 Å². The first-order valence-electron chi connectivity index (χ1n) is 5.43. The number of phenols is 1. The fraction of sp³-hybridized carbons (Fsp3) is 0.417. The minimum absolute atomic E-state index is 0.0859. The maximum absolute atomic E-state index is 11.8. The number of ether oxygens (including phenoxy) is 1. The van der Waals surface area contributed by atoms with Crippen LogP contribution in [0.4, 0.5) is 0 Å². The van der Waals surface area contributed by atoms with E-state index in [0.717, 1.165) is 0 Å². The van der Waals surface area contributed by atoms with E-state index in [0.29, 0.717) is 17.9 Å². The fourth-order valence-corrected chi connectivity index (χ4v) is 1.61. The lowest BCUT2D eigenvalue weighted by Crippen LogP contribution is -2.32. The smallest absolute Gasteiger partial charge is 0.251 e. The van der Waals surface area contributed by atoms with E-state index in [-0.39, 0.29) is 16.9 Å². The highest BCUT2D eigenvalue weighted by Gasteiger charge is 2.12. The lowest BCUT2D eigenvalue weighted by atomic mass is 10.2. The second kappa shape index (κ2) is 6.39. The number of rotatable bonds is 5. The van der Waals surface area contributed by atoms with Crippen LogP contribution >= 0.6 is 0 Å². The molecule has 18 heavy (non-hydrogen) atoms. The molecule has 0 saturated heterocycles. The van der Waals surface area contributed by atoms with Gasteiger partial charge in [-0.15, -0.1) is 0 Å². The van der Waals surface area contributed by atoms with Gasteiger partial charge >= 0.3 is 0 Å². The van der Waals surface area contributed by atoms with Gasteiger partial charge in [0.2, 0.25) is 0 Å². The van der Waals surface area contributed by atoms with E-state index in [1.165, 1.54) is 19.2 Å². The molecule has 6 heteroatoms. The molecule has 1 aromatic carbocycles. The predicted molar refractivity (Wildman–Crippen MR) is 70.5 cm³/mol. The summed E-state index contributed by atoms with van der Waals surface area (Å²) < 4.78 is 16.0. The highest BCUT2D eigenvalue weighted by atomic mass is 32.2. The van der Waals surface area contributed by atoms with Crippen molar-refractivity contribution < 1.29 is 18.8 Å². The average molecular weight is 271 g/mol. The Labute approximate surface area is 109 Å². The topological polar surface area (TPSA) is 75.6 Å². The zero-order valence-electron chi connectivity index (χ0n) is 10.6. The number of amides is 1. The van der Waals surface area contributed by atoms with Crippen molar-refractivity contribution in [1.29, 1.82) is 0 Å². The third-order valence-electron chi connectivity index (χ3n) is 2.56. The summed E-state index contributed by atoms with van der Waals surface area (Å²) in [5.74, 6) is -0.0860. The van der Waals surface area contributed by atoms with Crippen molar-refractivity contribution in [2.45, 2.75) is 12.2 Å². The van der Waals surface area contributed by atoms with Crippen LogP contribution in [-0.2, 0) is 10.8 Å². The first-order valence-corrected chi connectivity index (χ1v) is 7.05. The summed E-state index contributed by atoms with van der Waals surface area (Å²) in [4.78, 5) is 11.8. The van der Waals surface area contributed by atoms with Crippen molar-refractivity contribution in [3.8, 4) is 11.5 Å². The van der Waals surface area contributed by atoms with Crippen LogP contribution < -0.4 is 10.1 Å². The minimum Gasteiger partial charge on any atom is -0.504 e. The van der Waals surface area contributed by atoms with Gasteiger partial charge in [0, 0.05) is 34.4 Å². The number of hydrogen-bond donors (Lipinski definition) is 2. The molecule has 2 N–H and O–H groups in total. The molecule has 2 unspecified atom stereocenters. The highest BCUT2D eigenvalue weighted by Crippen LogP contribution is 2.26. The summed E-state index contributed by atoms with van der Waals surface area (Å²) in [5.41, 5.74) is 0.336. The fourth-order valence-electron chi connectivity index (χ4n) is 1.29. The van der Waals surface area contributed by atoms with Crippen molar-refractivity contribution in [2.75, 3.05) is 19.9 Å². The number of phenolic OH excluding ortho intramolecular Hbond substituents is 1.